The molecule has 4 heteroatoms. The fourth-order valence-corrected chi connectivity index (χ4v) is 3.01. The minimum atomic E-state index is -0.204. The summed E-state index contributed by atoms with van der Waals surface area (Å²) in [5.74, 6) is -0.204. The van der Waals surface area contributed by atoms with Crippen molar-refractivity contribution < 1.29 is 8.81 Å². The molecular formula is C17H15FN2O. The lowest BCUT2D eigenvalue weighted by atomic mass is 10.0. The lowest BCUT2D eigenvalue weighted by molar-refractivity contribution is 0.556. The molecule has 1 saturated heterocycles. The van der Waals surface area contributed by atoms with Crippen molar-refractivity contribution in [1.82, 2.24) is 4.98 Å². The van der Waals surface area contributed by atoms with Gasteiger partial charge < -0.3 is 9.32 Å². The van der Waals surface area contributed by atoms with Gasteiger partial charge in [0.05, 0.1) is 6.04 Å². The maximum absolute atomic E-state index is 13.1. The summed E-state index contributed by atoms with van der Waals surface area (Å²) in [6.45, 7) is 0.912. The highest BCUT2D eigenvalue weighted by Crippen LogP contribution is 2.36. The molecule has 0 unspecified atom stereocenters. The van der Waals surface area contributed by atoms with E-state index in [1.54, 1.807) is 0 Å². The van der Waals surface area contributed by atoms with Gasteiger partial charge in [0.1, 0.15) is 11.3 Å². The van der Waals surface area contributed by atoms with Gasteiger partial charge in [0.2, 0.25) is 0 Å². The second-order valence-corrected chi connectivity index (χ2v) is 5.37. The van der Waals surface area contributed by atoms with Gasteiger partial charge in [-0.1, -0.05) is 24.3 Å². The number of para-hydroxylation sites is 2. The second kappa shape index (κ2) is 4.88. The molecule has 0 N–H and O–H groups in total. The quantitative estimate of drug-likeness (QED) is 0.701. The SMILES string of the molecule is Fc1ccc([C@@H]2CCCN2c2nc3ccccc3o2)cc1. The van der Waals surface area contributed by atoms with E-state index >= 15 is 0 Å². The van der Waals surface area contributed by atoms with E-state index in [1.165, 1.54) is 12.1 Å². The Bertz CT molecular complexity index is 733. The highest BCUT2D eigenvalue weighted by molar-refractivity contribution is 5.74. The van der Waals surface area contributed by atoms with E-state index in [1.807, 2.05) is 36.4 Å². The van der Waals surface area contributed by atoms with Crippen LogP contribution in [0.2, 0.25) is 0 Å². The van der Waals surface area contributed by atoms with E-state index < -0.39 is 0 Å². The van der Waals surface area contributed by atoms with Gasteiger partial charge in [0.25, 0.3) is 6.01 Å². The van der Waals surface area contributed by atoms with Gasteiger partial charge >= 0.3 is 0 Å². The molecule has 0 spiro atoms. The first kappa shape index (κ1) is 12.4. The molecule has 2 heterocycles. The molecule has 1 fully saturated rings. The number of fused-ring (bicyclic) bond motifs is 1. The van der Waals surface area contributed by atoms with Crippen molar-refractivity contribution in [2.45, 2.75) is 18.9 Å². The Morgan fingerprint density at radius 2 is 1.90 bits per heavy atom. The van der Waals surface area contributed by atoms with Crippen molar-refractivity contribution in [3.63, 3.8) is 0 Å². The Kier molecular flexibility index (Phi) is 2.88. The molecule has 3 aromatic rings. The number of anilines is 1. The summed E-state index contributed by atoms with van der Waals surface area (Å²) in [7, 11) is 0. The van der Waals surface area contributed by atoms with Crippen molar-refractivity contribution in [1.29, 1.82) is 0 Å². The van der Waals surface area contributed by atoms with Gasteiger partial charge in [-0.2, -0.15) is 4.98 Å². The van der Waals surface area contributed by atoms with Gasteiger partial charge in [-0.05, 0) is 42.7 Å². The number of nitrogens with zero attached hydrogens (tertiary/aromatic N) is 2. The van der Waals surface area contributed by atoms with Crippen LogP contribution >= 0.6 is 0 Å². The molecule has 0 bridgehead atoms. The van der Waals surface area contributed by atoms with E-state index in [-0.39, 0.29) is 11.9 Å². The predicted molar refractivity (Wildman–Crippen MR) is 79.7 cm³/mol. The molecule has 0 radical (unpaired) electrons. The molecule has 3 nitrogen and oxygen atoms in total. The Hall–Kier alpha value is -2.36. The summed E-state index contributed by atoms with van der Waals surface area (Å²) in [5.41, 5.74) is 2.78. The van der Waals surface area contributed by atoms with Crippen LogP contribution in [0.1, 0.15) is 24.4 Å². The lowest BCUT2D eigenvalue weighted by Crippen LogP contribution is -2.22. The smallest absolute Gasteiger partial charge is 0.298 e. The summed E-state index contributed by atoms with van der Waals surface area (Å²) in [5, 5.41) is 0. The molecule has 106 valence electrons. The van der Waals surface area contributed by atoms with Crippen LogP contribution in [0.25, 0.3) is 11.1 Å². The zero-order chi connectivity index (χ0) is 14.2. The molecule has 1 atom stereocenters. The van der Waals surface area contributed by atoms with Crippen LogP contribution in [0.15, 0.2) is 52.9 Å². The average Bonchev–Trinajstić information content (AvgIpc) is 3.14. The molecule has 0 aliphatic carbocycles. The van der Waals surface area contributed by atoms with Gasteiger partial charge in [-0.15, -0.1) is 0 Å². The topological polar surface area (TPSA) is 29.3 Å². The molecule has 1 aromatic heterocycles. The summed E-state index contributed by atoms with van der Waals surface area (Å²) < 4.78 is 19.0. The monoisotopic (exact) mass is 282 g/mol. The predicted octanol–water partition coefficient (Wildman–Crippen LogP) is 4.31. The van der Waals surface area contributed by atoms with Crippen molar-refractivity contribution in [3.05, 3.63) is 59.9 Å². The van der Waals surface area contributed by atoms with Crippen molar-refractivity contribution >= 4 is 17.1 Å². The highest BCUT2D eigenvalue weighted by atomic mass is 19.1. The Morgan fingerprint density at radius 3 is 2.71 bits per heavy atom. The van der Waals surface area contributed by atoms with E-state index in [0.29, 0.717) is 6.01 Å². The summed E-state index contributed by atoms with van der Waals surface area (Å²) in [6, 6.07) is 15.4. The second-order valence-electron chi connectivity index (χ2n) is 5.37. The van der Waals surface area contributed by atoms with Crippen LogP contribution in [0.4, 0.5) is 10.4 Å². The molecule has 0 saturated carbocycles. The van der Waals surface area contributed by atoms with Gasteiger partial charge in [0, 0.05) is 6.54 Å². The third kappa shape index (κ3) is 2.17. The van der Waals surface area contributed by atoms with Gasteiger partial charge in [0.15, 0.2) is 5.58 Å². The summed E-state index contributed by atoms with van der Waals surface area (Å²) in [4.78, 5) is 6.75. The number of benzene rings is 2. The number of aromatic nitrogens is 1. The summed E-state index contributed by atoms with van der Waals surface area (Å²) >= 11 is 0. The lowest BCUT2D eigenvalue weighted by Gasteiger charge is -2.23. The van der Waals surface area contributed by atoms with Crippen LogP contribution in [0.5, 0.6) is 0 Å². The van der Waals surface area contributed by atoms with Crippen molar-refractivity contribution in [2.24, 2.45) is 0 Å². The fraction of sp³-hybridized carbons (Fsp3) is 0.235. The van der Waals surface area contributed by atoms with Gasteiger partial charge in [-0.25, -0.2) is 4.39 Å². The van der Waals surface area contributed by atoms with Crippen LogP contribution in [-0.4, -0.2) is 11.5 Å². The minimum absolute atomic E-state index is 0.204. The van der Waals surface area contributed by atoms with Crippen molar-refractivity contribution in [3.8, 4) is 0 Å². The maximum atomic E-state index is 13.1. The molecule has 2 aromatic carbocycles. The molecule has 4 rings (SSSR count). The maximum Gasteiger partial charge on any atom is 0.298 e. The Labute approximate surface area is 122 Å². The third-order valence-corrected chi connectivity index (χ3v) is 4.04. The molecule has 21 heavy (non-hydrogen) atoms. The average molecular weight is 282 g/mol. The van der Waals surface area contributed by atoms with Crippen LogP contribution < -0.4 is 4.90 Å². The number of hydrogen-bond acceptors (Lipinski definition) is 3. The van der Waals surface area contributed by atoms with Crippen LogP contribution in [-0.2, 0) is 0 Å². The number of halogens is 1. The van der Waals surface area contributed by atoms with Gasteiger partial charge in [-0.3, -0.25) is 0 Å². The normalized spacial score (nSPS) is 18.5. The minimum Gasteiger partial charge on any atom is -0.423 e. The zero-order valence-corrected chi connectivity index (χ0v) is 11.5. The van der Waals surface area contributed by atoms with Crippen LogP contribution in [0.3, 0.4) is 0 Å². The van der Waals surface area contributed by atoms with Crippen LogP contribution in [0, 0.1) is 5.82 Å². The third-order valence-electron chi connectivity index (χ3n) is 4.04. The number of hydrogen-bond donors (Lipinski definition) is 0. The molecule has 0 amide bonds. The highest BCUT2D eigenvalue weighted by Gasteiger charge is 2.29. The first-order valence-corrected chi connectivity index (χ1v) is 7.19. The molecule has 1 aliphatic rings. The van der Waals surface area contributed by atoms with E-state index in [4.69, 9.17) is 4.42 Å². The summed E-state index contributed by atoms with van der Waals surface area (Å²) in [6.07, 6.45) is 2.12. The largest absolute Gasteiger partial charge is 0.423 e. The molecule has 1 aliphatic heterocycles. The Morgan fingerprint density at radius 1 is 1.10 bits per heavy atom. The van der Waals surface area contributed by atoms with E-state index in [2.05, 4.69) is 9.88 Å². The first-order valence-electron chi connectivity index (χ1n) is 7.19. The standard InChI is InChI=1S/C17H15FN2O/c18-13-9-7-12(8-10-13)15-5-3-11-20(15)17-19-14-4-1-2-6-16(14)21-17/h1-2,4,6-10,15H,3,5,11H2/t15-/m0/s1. The fourth-order valence-electron chi connectivity index (χ4n) is 3.01. The van der Waals surface area contributed by atoms with Crippen molar-refractivity contribution in [2.75, 3.05) is 11.4 Å². The first-order chi connectivity index (χ1) is 10.3. The molecular weight excluding hydrogens is 267 g/mol. The zero-order valence-electron chi connectivity index (χ0n) is 11.5. The Balaban J connectivity index is 1.71. The van der Waals surface area contributed by atoms with E-state index in [9.17, 15) is 4.39 Å². The number of rotatable bonds is 2. The van der Waals surface area contributed by atoms with E-state index in [0.717, 1.165) is 36.0 Å². The number of oxazole rings is 1.